The molecule has 0 aliphatic rings. The van der Waals surface area contributed by atoms with Crippen molar-refractivity contribution in [2.75, 3.05) is 12.4 Å². The van der Waals surface area contributed by atoms with Gasteiger partial charge >= 0.3 is 5.97 Å². The molecule has 5 heteroatoms. The lowest BCUT2D eigenvalue weighted by Crippen LogP contribution is -2.38. The number of aliphatic hydroxyl groups is 1. The molecule has 0 amide bonds. The van der Waals surface area contributed by atoms with Gasteiger partial charge in [-0.1, -0.05) is 11.8 Å². The van der Waals surface area contributed by atoms with Gasteiger partial charge in [-0.05, 0) is 34.6 Å². The highest BCUT2D eigenvalue weighted by atomic mass is 32.2. The van der Waals surface area contributed by atoms with E-state index in [-0.39, 0.29) is 11.7 Å². The highest BCUT2D eigenvalue weighted by Crippen LogP contribution is 2.27. The first-order chi connectivity index (χ1) is 7.11. The summed E-state index contributed by atoms with van der Waals surface area (Å²) in [7, 11) is 0. The Kier molecular flexibility index (Phi) is 5.49. The molecule has 0 rings (SSSR count). The van der Waals surface area contributed by atoms with Gasteiger partial charge in [0.15, 0.2) is 0 Å². The fraction of sp³-hybridized carbons (Fsp3) is 0.818. The zero-order valence-electron chi connectivity index (χ0n) is 10.5. The zero-order chi connectivity index (χ0) is 13.0. The van der Waals surface area contributed by atoms with Crippen molar-refractivity contribution in [3.05, 3.63) is 0 Å². The molecule has 94 valence electrons. The Hall–Kier alpha value is -0.550. The van der Waals surface area contributed by atoms with Crippen LogP contribution in [0.3, 0.4) is 0 Å². The maximum Gasteiger partial charge on any atom is 0.320 e. The number of hydrogen-bond acceptors (Lipinski definition) is 5. The number of ether oxygens (including phenoxy) is 1. The summed E-state index contributed by atoms with van der Waals surface area (Å²) in [6.07, 6.45) is 0. The lowest BCUT2D eigenvalue weighted by atomic mass is 9.95. The van der Waals surface area contributed by atoms with Crippen molar-refractivity contribution in [3.8, 4) is 0 Å². The van der Waals surface area contributed by atoms with Gasteiger partial charge in [0, 0.05) is 5.75 Å². The van der Waals surface area contributed by atoms with Crippen LogP contribution in [0.1, 0.15) is 34.6 Å². The van der Waals surface area contributed by atoms with Gasteiger partial charge in [-0.2, -0.15) is 0 Å². The second-order valence-corrected chi connectivity index (χ2v) is 6.05. The van der Waals surface area contributed by atoms with Crippen LogP contribution >= 0.6 is 11.8 Å². The fourth-order valence-corrected chi connectivity index (χ4v) is 1.53. The smallest absolute Gasteiger partial charge is 0.320 e. The monoisotopic (exact) mass is 248 g/mol. The van der Waals surface area contributed by atoms with Crippen LogP contribution < -0.4 is 0 Å². The summed E-state index contributed by atoms with van der Waals surface area (Å²) in [4.78, 5) is 23.5. The van der Waals surface area contributed by atoms with Gasteiger partial charge in [0.05, 0.1) is 6.61 Å². The maximum atomic E-state index is 11.8. The third-order valence-corrected chi connectivity index (χ3v) is 2.90. The lowest BCUT2D eigenvalue weighted by Gasteiger charge is -2.27. The molecule has 16 heavy (non-hydrogen) atoms. The molecule has 0 saturated heterocycles. The fourth-order valence-electron chi connectivity index (χ4n) is 0.808. The molecule has 0 aliphatic heterocycles. The summed E-state index contributed by atoms with van der Waals surface area (Å²) >= 11 is 0.948. The van der Waals surface area contributed by atoms with Crippen molar-refractivity contribution in [3.63, 3.8) is 0 Å². The van der Waals surface area contributed by atoms with Gasteiger partial charge < -0.3 is 9.84 Å². The predicted octanol–water partition coefficient (Wildman–Crippen LogP) is 1.61. The van der Waals surface area contributed by atoms with Crippen LogP contribution in [-0.2, 0) is 14.3 Å². The maximum absolute atomic E-state index is 11.8. The van der Waals surface area contributed by atoms with Crippen LogP contribution in [0.5, 0.6) is 0 Å². The molecule has 1 N–H and O–H groups in total. The Morgan fingerprint density at radius 2 is 1.69 bits per heavy atom. The number of thioether (sulfide) groups is 1. The molecule has 0 heterocycles. The third kappa shape index (κ3) is 4.99. The number of carbonyl (C=O) groups excluding carboxylic acids is 2. The number of aliphatic hydroxyl groups excluding tert-OH is 1. The Balaban J connectivity index is 4.52. The quantitative estimate of drug-likeness (QED) is 0.605. The van der Waals surface area contributed by atoms with E-state index in [1.165, 1.54) is 13.8 Å². The molecular formula is C11H20O4S. The van der Waals surface area contributed by atoms with Crippen LogP contribution in [0.4, 0.5) is 0 Å². The van der Waals surface area contributed by atoms with Crippen LogP contribution in [0.15, 0.2) is 0 Å². The van der Waals surface area contributed by atoms with Crippen molar-refractivity contribution in [2.45, 2.75) is 40.2 Å². The van der Waals surface area contributed by atoms with Crippen LogP contribution in [0.2, 0.25) is 0 Å². The summed E-state index contributed by atoms with van der Waals surface area (Å²) in [5.41, 5.74) is -1.77. The first kappa shape index (κ1) is 15.4. The van der Waals surface area contributed by atoms with Crippen LogP contribution in [0.25, 0.3) is 0 Å². The standard InChI is InChI=1S/C11H20O4S/c1-10(2,3)15-8(13)11(4,5)9(14)16-7-6-12/h12H,6-7H2,1-5H3. The van der Waals surface area contributed by atoms with E-state index < -0.39 is 17.0 Å². The second kappa shape index (κ2) is 5.68. The normalized spacial score (nSPS) is 12.4. The molecular weight excluding hydrogens is 228 g/mol. The summed E-state index contributed by atoms with van der Waals surface area (Å²) in [5.74, 6) is -0.235. The topological polar surface area (TPSA) is 63.6 Å². The Morgan fingerprint density at radius 1 is 1.19 bits per heavy atom. The summed E-state index contributed by atoms with van der Waals surface area (Å²) in [5, 5.41) is 8.34. The second-order valence-electron chi connectivity index (χ2n) is 4.99. The molecule has 0 atom stereocenters. The summed E-state index contributed by atoms with van der Waals surface area (Å²) in [6.45, 7) is 8.26. The number of carbonyl (C=O) groups is 2. The minimum absolute atomic E-state index is 0.0825. The molecule has 0 fully saturated rings. The van der Waals surface area contributed by atoms with Crippen molar-refractivity contribution >= 4 is 22.8 Å². The SMILES string of the molecule is CC(C)(C)OC(=O)C(C)(C)C(=O)SCCO. The van der Waals surface area contributed by atoms with Crippen molar-refractivity contribution in [1.29, 1.82) is 0 Å². The van der Waals surface area contributed by atoms with Gasteiger partial charge in [-0.25, -0.2) is 0 Å². The molecule has 0 unspecified atom stereocenters. The minimum atomic E-state index is -1.17. The molecule has 0 aromatic carbocycles. The summed E-state index contributed by atoms with van der Waals surface area (Å²) in [6, 6.07) is 0. The van der Waals surface area contributed by atoms with E-state index in [0.717, 1.165) is 11.8 Å². The Morgan fingerprint density at radius 3 is 2.06 bits per heavy atom. The third-order valence-electron chi connectivity index (χ3n) is 1.74. The number of rotatable bonds is 4. The van der Waals surface area contributed by atoms with Gasteiger partial charge in [-0.3, -0.25) is 9.59 Å². The van der Waals surface area contributed by atoms with Crippen LogP contribution in [-0.4, -0.2) is 34.2 Å². The molecule has 4 nitrogen and oxygen atoms in total. The number of hydrogen-bond donors (Lipinski definition) is 1. The van der Waals surface area contributed by atoms with E-state index in [1.807, 2.05) is 0 Å². The van der Waals surface area contributed by atoms with E-state index in [4.69, 9.17) is 9.84 Å². The minimum Gasteiger partial charge on any atom is -0.459 e. The van der Waals surface area contributed by atoms with E-state index in [2.05, 4.69) is 0 Å². The van der Waals surface area contributed by atoms with Crippen molar-refractivity contribution < 1.29 is 19.4 Å². The van der Waals surface area contributed by atoms with Gasteiger partial charge in [-0.15, -0.1) is 0 Å². The molecule has 0 aromatic heterocycles. The average molecular weight is 248 g/mol. The molecule has 0 spiro atoms. The zero-order valence-corrected chi connectivity index (χ0v) is 11.3. The van der Waals surface area contributed by atoms with Crippen LogP contribution in [0, 0.1) is 5.41 Å². The highest BCUT2D eigenvalue weighted by Gasteiger charge is 2.39. The van der Waals surface area contributed by atoms with E-state index in [0.29, 0.717) is 5.75 Å². The average Bonchev–Trinajstić information content (AvgIpc) is 2.11. The van der Waals surface area contributed by atoms with Gasteiger partial charge in [0.2, 0.25) is 5.12 Å². The lowest BCUT2D eigenvalue weighted by molar-refractivity contribution is -0.166. The first-order valence-electron chi connectivity index (χ1n) is 5.13. The van der Waals surface area contributed by atoms with Gasteiger partial charge in [0.25, 0.3) is 0 Å². The molecule has 0 saturated carbocycles. The molecule has 0 radical (unpaired) electrons. The molecule has 0 bridgehead atoms. The largest absolute Gasteiger partial charge is 0.459 e. The Bertz CT molecular complexity index is 266. The van der Waals surface area contributed by atoms with Gasteiger partial charge in [0.1, 0.15) is 11.0 Å². The van der Waals surface area contributed by atoms with Crippen molar-refractivity contribution in [2.24, 2.45) is 5.41 Å². The van der Waals surface area contributed by atoms with Crippen molar-refractivity contribution in [1.82, 2.24) is 0 Å². The number of esters is 1. The van der Waals surface area contributed by atoms with E-state index in [9.17, 15) is 9.59 Å². The Labute approximate surface area is 101 Å². The predicted molar refractivity (Wildman–Crippen MR) is 64.2 cm³/mol. The summed E-state index contributed by atoms with van der Waals surface area (Å²) < 4.78 is 5.17. The molecule has 0 aromatic rings. The highest BCUT2D eigenvalue weighted by molar-refractivity contribution is 8.13. The first-order valence-corrected chi connectivity index (χ1v) is 6.11. The van der Waals surface area contributed by atoms with E-state index in [1.54, 1.807) is 20.8 Å². The van der Waals surface area contributed by atoms with E-state index >= 15 is 0 Å². The molecule has 0 aliphatic carbocycles.